The molecule has 0 amide bonds. The smallest absolute Gasteiger partial charge is 0.237 e. The number of benzene rings is 1. The molecule has 2 rings (SSSR count). The molecule has 24 heavy (non-hydrogen) atoms. The Kier molecular flexibility index (Phi) is 6.61. The Balaban J connectivity index is 2.19. The van der Waals surface area contributed by atoms with E-state index in [4.69, 9.17) is 9.47 Å². The molecule has 0 saturated carbocycles. The fraction of sp³-hybridized carbons (Fsp3) is 0.250. The molecule has 1 unspecified atom stereocenters. The largest absolute Gasteiger partial charge is 0.497 e. The van der Waals surface area contributed by atoms with Gasteiger partial charge in [-0.2, -0.15) is 9.98 Å². The van der Waals surface area contributed by atoms with Crippen molar-refractivity contribution < 1.29 is 19.1 Å². The predicted molar refractivity (Wildman–Crippen MR) is 93.4 cm³/mol. The quantitative estimate of drug-likeness (QED) is 0.421. The molecule has 0 N–H and O–H groups in total. The first-order valence-corrected chi connectivity index (χ1v) is 8.93. The van der Waals surface area contributed by atoms with Gasteiger partial charge in [0.25, 0.3) is 0 Å². The van der Waals surface area contributed by atoms with E-state index in [2.05, 4.69) is 9.98 Å². The highest BCUT2D eigenvalue weighted by Gasteiger charge is 2.38. The lowest BCUT2D eigenvalue weighted by atomic mass is 9.99. The van der Waals surface area contributed by atoms with Gasteiger partial charge >= 0.3 is 0 Å². The van der Waals surface area contributed by atoms with Crippen LogP contribution in [-0.2, 0) is 14.3 Å². The third-order valence-corrected chi connectivity index (χ3v) is 5.60. The molecule has 1 aromatic carbocycles. The van der Waals surface area contributed by atoms with Crippen LogP contribution in [0.1, 0.15) is 0 Å². The molecule has 6 nitrogen and oxygen atoms in total. The summed E-state index contributed by atoms with van der Waals surface area (Å²) in [6.45, 7) is 0. The summed E-state index contributed by atoms with van der Waals surface area (Å²) in [5, 5.41) is 0. The third-order valence-electron chi connectivity index (χ3n) is 3.21. The van der Waals surface area contributed by atoms with E-state index in [0.717, 1.165) is 15.6 Å². The van der Waals surface area contributed by atoms with Crippen LogP contribution >= 0.6 is 21.6 Å². The Morgan fingerprint density at radius 2 is 1.75 bits per heavy atom. The van der Waals surface area contributed by atoms with Crippen LogP contribution < -0.4 is 4.74 Å². The minimum Gasteiger partial charge on any atom is -0.497 e. The van der Waals surface area contributed by atoms with Gasteiger partial charge in [-0.25, -0.2) is 9.59 Å². The van der Waals surface area contributed by atoms with Gasteiger partial charge in [-0.1, -0.05) is 21.6 Å². The molecule has 0 spiro atoms. The van der Waals surface area contributed by atoms with E-state index in [1.54, 1.807) is 19.3 Å². The molecule has 1 aliphatic rings. The highest BCUT2D eigenvalue weighted by atomic mass is 33.1. The molecule has 0 saturated heterocycles. The first-order valence-electron chi connectivity index (χ1n) is 6.78. The number of carbonyl (C=O) groups excluding carboxylic acids is 2. The van der Waals surface area contributed by atoms with Crippen LogP contribution in [-0.4, -0.2) is 38.1 Å². The average Bonchev–Trinajstić information content (AvgIpc) is 2.61. The zero-order chi connectivity index (χ0) is 17.4. The SMILES string of the molecule is COc1ccc(SSC2=CC(N=C=O)(N=C=O)C(OC)C=C2)cc1. The number of ether oxygens (including phenoxy) is 2. The van der Waals surface area contributed by atoms with E-state index in [1.165, 1.54) is 40.9 Å². The molecule has 0 heterocycles. The number of rotatable bonds is 7. The summed E-state index contributed by atoms with van der Waals surface area (Å²) in [5.41, 5.74) is -1.46. The van der Waals surface area contributed by atoms with Crippen LogP contribution in [0, 0.1) is 0 Å². The van der Waals surface area contributed by atoms with E-state index in [9.17, 15) is 9.59 Å². The molecule has 1 atom stereocenters. The second-order valence-corrected chi connectivity index (χ2v) is 6.87. The fourth-order valence-electron chi connectivity index (χ4n) is 2.06. The third kappa shape index (κ3) is 4.26. The van der Waals surface area contributed by atoms with Gasteiger partial charge in [0.2, 0.25) is 17.8 Å². The van der Waals surface area contributed by atoms with Crippen molar-refractivity contribution in [2.75, 3.05) is 14.2 Å². The lowest BCUT2D eigenvalue weighted by Crippen LogP contribution is -2.38. The lowest BCUT2D eigenvalue weighted by Gasteiger charge is -2.28. The summed E-state index contributed by atoms with van der Waals surface area (Å²) >= 11 is 0. The summed E-state index contributed by atoms with van der Waals surface area (Å²) in [4.78, 5) is 30.6. The molecule has 0 aliphatic heterocycles. The first kappa shape index (κ1) is 18.3. The Morgan fingerprint density at radius 3 is 2.29 bits per heavy atom. The minimum absolute atomic E-state index is 0.671. The van der Waals surface area contributed by atoms with Gasteiger partial charge in [0.15, 0.2) is 0 Å². The van der Waals surface area contributed by atoms with E-state index in [1.807, 2.05) is 30.3 Å². The number of hydrogen-bond acceptors (Lipinski definition) is 8. The summed E-state index contributed by atoms with van der Waals surface area (Å²) in [7, 11) is 6.02. The molecule has 0 radical (unpaired) electrons. The number of hydrogen-bond donors (Lipinski definition) is 0. The second kappa shape index (κ2) is 8.68. The van der Waals surface area contributed by atoms with Crippen molar-refractivity contribution in [3.8, 4) is 5.75 Å². The highest BCUT2D eigenvalue weighted by Crippen LogP contribution is 2.42. The molecular weight excluding hydrogens is 348 g/mol. The topological polar surface area (TPSA) is 77.3 Å². The maximum Gasteiger partial charge on any atom is 0.237 e. The van der Waals surface area contributed by atoms with Gasteiger partial charge in [-0.3, -0.25) is 0 Å². The number of methoxy groups -OCH3 is 2. The normalized spacial score (nSPS) is 22.1. The molecule has 0 aromatic heterocycles. The van der Waals surface area contributed by atoms with Crippen LogP contribution in [0.5, 0.6) is 5.75 Å². The van der Waals surface area contributed by atoms with Crippen molar-refractivity contribution in [3.63, 3.8) is 0 Å². The van der Waals surface area contributed by atoms with Crippen molar-refractivity contribution in [2.24, 2.45) is 9.98 Å². The number of allylic oxidation sites excluding steroid dienone is 1. The van der Waals surface area contributed by atoms with Crippen molar-refractivity contribution >= 4 is 33.7 Å². The molecular formula is C16H14N2O4S2. The standard InChI is InChI=1S/C16H14N2O4S2/c1-21-12-3-5-13(6-4-12)23-24-14-7-8-15(22-2)16(9-14,17-10-19)18-11-20/h3-9,15H,1-2H3. The van der Waals surface area contributed by atoms with Crippen LogP contribution in [0.3, 0.4) is 0 Å². The molecule has 124 valence electrons. The predicted octanol–water partition coefficient (Wildman–Crippen LogP) is 3.27. The summed E-state index contributed by atoms with van der Waals surface area (Å²) in [6, 6.07) is 7.60. The summed E-state index contributed by atoms with van der Waals surface area (Å²) in [5.74, 6) is 0.781. The fourth-order valence-corrected chi connectivity index (χ4v) is 4.07. The Hall–Kier alpha value is -2.08. The van der Waals surface area contributed by atoms with Gasteiger partial charge in [0.05, 0.1) is 7.11 Å². The van der Waals surface area contributed by atoms with Crippen LogP contribution in [0.2, 0.25) is 0 Å². The molecule has 1 aliphatic carbocycles. The van der Waals surface area contributed by atoms with Crippen molar-refractivity contribution in [1.82, 2.24) is 0 Å². The number of nitrogens with zero attached hydrogens (tertiary/aromatic N) is 2. The van der Waals surface area contributed by atoms with Gasteiger partial charge in [0, 0.05) is 16.9 Å². The average molecular weight is 362 g/mol. The van der Waals surface area contributed by atoms with Gasteiger partial charge in [0.1, 0.15) is 11.9 Å². The molecule has 1 aromatic rings. The number of aliphatic imine (C=N–C) groups is 2. The zero-order valence-electron chi connectivity index (χ0n) is 13.0. The maximum atomic E-state index is 10.7. The Bertz CT molecular complexity index is 715. The highest BCUT2D eigenvalue weighted by molar-refractivity contribution is 8.78. The van der Waals surface area contributed by atoms with Crippen LogP contribution in [0.15, 0.2) is 62.3 Å². The van der Waals surface area contributed by atoms with Crippen LogP contribution in [0.25, 0.3) is 0 Å². The summed E-state index contributed by atoms with van der Waals surface area (Å²) in [6.07, 6.45) is 7.34. The van der Waals surface area contributed by atoms with E-state index < -0.39 is 11.8 Å². The van der Waals surface area contributed by atoms with E-state index in [0.29, 0.717) is 0 Å². The van der Waals surface area contributed by atoms with E-state index in [-0.39, 0.29) is 0 Å². The number of isocyanates is 2. The summed E-state index contributed by atoms with van der Waals surface area (Å²) < 4.78 is 10.4. The van der Waals surface area contributed by atoms with Crippen LogP contribution in [0.4, 0.5) is 0 Å². The van der Waals surface area contributed by atoms with E-state index >= 15 is 0 Å². The van der Waals surface area contributed by atoms with Crippen molar-refractivity contribution in [1.29, 1.82) is 0 Å². The Labute approximate surface area is 147 Å². The Morgan fingerprint density at radius 1 is 1.08 bits per heavy atom. The van der Waals surface area contributed by atoms with Gasteiger partial charge < -0.3 is 9.47 Å². The lowest BCUT2D eigenvalue weighted by molar-refractivity contribution is 0.0939. The molecule has 0 fully saturated rings. The van der Waals surface area contributed by atoms with Gasteiger partial charge in [-0.05, 0) is 42.5 Å². The zero-order valence-corrected chi connectivity index (χ0v) is 14.6. The minimum atomic E-state index is -1.46. The molecule has 0 bridgehead atoms. The van der Waals surface area contributed by atoms with Gasteiger partial charge in [-0.15, -0.1) is 0 Å². The second-order valence-electron chi connectivity index (χ2n) is 4.59. The molecule has 8 heteroatoms. The first-order chi connectivity index (χ1) is 11.7. The van der Waals surface area contributed by atoms with Crippen molar-refractivity contribution in [3.05, 3.63) is 47.4 Å². The van der Waals surface area contributed by atoms with Crippen molar-refractivity contribution in [2.45, 2.75) is 16.7 Å². The monoisotopic (exact) mass is 362 g/mol. The maximum absolute atomic E-state index is 10.7.